The molecule has 0 aliphatic rings. The number of para-hydroxylation sites is 2. The molecule has 5 rings (SSSR count). The van der Waals surface area contributed by atoms with E-state index < -0.39 is 9.84 Å². The van der Waals surface area contributed by atoms with Gasteiger partial charge in [-0.25, -0.2) is 22.8 Å². The maximum absolute atomic E-state index is 13.9. The molecule has 0 N–H and O–H groups in total. The van der Waals surface area contributed by atoms with Gasteiger partial charge in [0.25, 0.3) is 0 Å². The lowest BCUT2D eigenvalue weighted by atomic mass is 10.2. The molecule has 0 aliphatic carbocycles. The third-order valence-corrected chi connectivity index (χ3v) is 6.71. The summed E-state index contributed by atoms with van der Waals surface area (Å²) < 4.78 is 41.3. The second-order valence-electron chi connectivity index (χ2n) is 6.83. The number of benzene rings is 3. The van der Waals surface area contributed by atoms with Gasteiger partial charge in [-0.3, -0.25) is 0 Å². The summed E-state index contributed by atoms with van der Waals surface area (Å²) >= 11 is 0. The van der Waals surface area contributed by atoms with Crippen LogP contribution < -0.4 is 0 Å². The Morgan fingerprint density at radius 3 is 2.31 bits per heavy atom. The molecule has 2 aromatic heterocycles. The van der Waals surface area contributed by atoms with Crippen molar-refractivity contribution >= 4 is 42.9 Å². The van der Waals surface area contributed by atoms with E-state index in [0.717, 1.165) is 0 Å². The van der Waals surface area contributed by atoms with Crippen LogP contribution in [0.3, 0.4) is 0 Å². The number of aryl methyl sites for hydroxylation is 1. The van der Waals surface area contributed by atoms with Gasteiger partial charge in [-0.1, -0.05) is 30.3 Å². The maximum atomic E-state index is 13.9. The van der Waals surface area contributed by atoms with Gasteiger partial charge in [0, 0.05) is 11.9 Å². The van der Waals surface area contributed by atoms with E-state index in [0.29, 0.717) is 33.1 Å². The lowest BCUT2D eigenvalue weighted by Gasteiger charge is -2.08. The third-order valence-electron chi connectivity index (χ3n) is 5.00. The minimum Gasteiger partial charge on any atom is -0.323 e. The van der Waals surface area contributed by atoms with Crippen molar-refractivity contribution in [3.8, 4) is 0 Å². The second kappa shape index (κ2) is 6.63. The maximum Gasteiger partial charge on any atom is 0.180 e. The SMILES string of the molecule is O=S(=O)(CCn1c2ccc(F)cc2c2nc3ccccc3nc21)c1ccccc1. The first kappa shape index (κ1) is 17.8. The molecule has 5 nitrogen and oxygen atoms in total. The van der Waals surface area contributed by atoms with Gasteiger partial charge in [0.2, 0.25) is 0 Å². The number of hydrogen-bond acceptors (Lipinski definition) is 4. The molecule has 0 spiro atoms. The van der Waals surface area contributed by atoms with Gasteiger partial charge in [-0.15, -0.1) is 0 Å². The molecule has 0 aliphatic heterocycles. The zero-order chi connectivity index (χ0) is 20.0. The average molecular weight is 405 g/mol. The monoisotopic (exact) mass is 405 g/mol. The van der Waals surface area contributed by atoms with Crippen LogP contribution in [-0.2, 0) is 16.4 Å². The van der Waals surface area contributed by atoms with Gasteiger partial charge >= 0.3 is 0 Å². The molecule has 0 bridgehead atoms. The standard InChI is InChI=1S/C22H16FN3O2S/c23-15-10-11-20-17(14-15)21-22(25-19-9-5-4-8-18(19)24-21)26(20)12-13-29(27,28)16-6-2-1-3-7-16/h1-11,14H,12-13H2. The first-order chi connectivity index (χ1) is 14.0. The van der Waals surface area contributed by atoms with Crippen molar-refractivity contribution in [2.24, 2.45) is 0 Å². The summed E-state index contributed by atoms with van der Waals surface area (Å²) in [6, 6.07) is 20.2. The largest absolute Gasteiger partial charge is 0.323 e. The Morgan fingerprint density at radius 1 is 0.862 bits per heavy atom. The molecule has 0 radical (unpaired) electrons. The van der Waals surface area contributed by atoms with Crippen molar-refractivity contribution in [2.45, 2.75) is 11.4 Å². The number of rotatable bonds is 4. The molecule has 0 saturated carbocycles. The number of aromatic nitrogens is 3. The fraction of sp³-hybridized carbons (Fsp3) is 0.0909. The molecule has 144 valence electrons. The number of halogens is 1. The summed E-state index contributed by atoms with van der Waals surface area (Å²) in [5.74, 6) is -0.467. The predicted octanol–water partition coefficient (Wildman–Crippen LogP) is 4.35. The minimum absolute atomic E-state index is 0.0955. The second-order valence-corrected chi connectivity index (χ2v) is 8.94. The first-order valence-electron chi connectivity index (χ1n) is 9.15. The predicted molar refractivity (Wildman–Crippen MR) is 111 cm³/mol. The Morgan fingerprint density at radius 2 is 1.55 bits per heavy atom. The van der Waals surface area contributed by atoms with Gasteiger partial charge < -0.3 is 4.57 Å². The lowest BCUT2D eigenvalue weighted by Crippen LogP contribution is -2.13. The number of nitrogens with zero attached hydrogens (tertiary/aromatic N) is 3. The van der Waals surface area contributed by atoms with Crippen molar-refractivity contribution in [2.75, 3.05) is 5.75 Å². The number of fused-ring (bicyclic) bond motifs is 4. The summed E-state index contributed by atoms with van der Waals surface area (Å²) in [5, 5.41) is 0.621. The smallest absolute Gasteiger partial charge is 0.180 e. The molecule has 0 saturated heterocycles. The molecule has 3 aromatic carbocycles. The first-order valence-corrected chi connectivity index (χ1v) is 10.8. The van der Waals surface area contributed by atoms with Crippen molar-refractivity contribution in [1.29, 1.82) is 0 Å². The molecule has 0 unspecified atom stereocenters. The summed E-state index contributed by atoms with van der Waals surface area (Å²) in [4.78, 5) is 9.65. The molecule has 0 fully saturated rings. The van der Waals surface area contributed by atoms with Gasteiger partial charge in [0.1, 0.15) is 11.3 Å². The van der Waals surface area contributed by atoms with E-state index in [2.05, 4.69) is 4.98 Å². The van der Waals surface area contributed by atoms with E-state index >= 15 is 0 Å². The van der Waals surface area contributed by atoms with Crippen LogP contribution in [-0.4, -0.2) is 28.7 Å². The van der Waals surface area contributed by atoms with Crippen LogP contribution in [0.1, 0.15) is 0 Å². The molecule has 0 atom stereocenters. The fourth-order valence-corrected chi connectivity index (χ4v) is 4.82. The summed E-state index contributed by atoms with van der Waals surface area (Å²) in [7, 11) is -3.47. The van der Waals surface area contributed by atoms with Crippen molar-refractivity contribution in [3.05, 3.63) is 78.6 Å². The summed E-state index contributed by atoms with van der Waals surface area (Å²) in [6.45, 7) is 0.190. The molecule has 29 heavy (non-hydrogen) atoms. The van der Waals surface area contributed by atoms with E-state index in [1.165, 1.54) is 12.1 Å². The van der Waals surface area contributed by atoms with E-state index in [1.54, 1.807) is 36.4 Å². The summed E-state index contributed by atoms with van der Waals surface area (Å²) in [5.41, 5.74) is 3.23. The zero-order valence-electron chi connectivity index (χ0n) is 15.3. The molecular formula is C22H16FN3O2S. The van der Waals surface area contributed by atoms with Crippen LogP contribution >= 0.6 is 0 Å². The van der Waals surface area contributed by atoms with Gasteiger partial charge in [0.05, 0.1) is 27.2 Å². The quantitative estimate of drug-likeness (QED) is 0.446. The Labute approximate surface area is 166 Å². The average Bonchev–Trinajstić information content (AvgIpc) is 3.03. The van der Waals surface area contributed by atoms with Gasteiger partial charge in [-0.2, -0.15) is 0 Å². The van der Waals surface area contributed by atoms with E-state index in [1.807, 2.05) is 28.8 Å². The van der Waals surface area contributed by atoms with Crippen LogP contribution in [0.2, 0.25) is 0 Å². The van der Waals surface area contributed by atoms with E-state index in [-0.39, 0.29) is 23.0 Å². The molecule has 7 heteroatoms. The normalized spacial score (nSPS) is 12.2. The molecule has 5 aromatic rings. The van der Waals surface area contributed by atoms with Crippen molar-refractivity contribution in [3.63, 3.8) is 0 Å². The van der Waals surface area contributed by atoms with Gasteiger partial charge in [-0.05, 0) is 42.5 Å². The highest BCUT2D eigenvalue weighted by atomic mass is 32.2. The highest BCUT2D eigenvalue weighted by Crippen LogP contribution is 2.29. The zero-order valence-corrected chi connectivity index (χ0v) is 16.1. The fourth-order valence-electron chi connectivity index (χ4n) is 3.59. The van der Waals surface area contributed by atoms with Crippen LogP contribution in [0.5, 0.6) is 0 Å². The number of hydrogen-bond donors (Lipinski definition) is 0. The highest BCUT2D eigenvalue weighted by molar-refractivity contribution is 7.91. The van der Waals surface area contributed by atoms with E-state index in [9.17, 15) is 12.8 Å². The Balaban J connectivity index is 1.68. The van der Waals surface area contributed by atoms with E-state index in [4.69, 9.17) is 4.98 Å². The van der Waals surface area contributed by atoms with Crippen molar-refractivity contribution < 1.29 is 12.8 Å². The Hall–Kier alpha value is -3.32. The Bertz CT molecular complexity index is 1480. The van der Waals surface area contributed by atoms with Crippen LogP contribution in [0.25, 0.3) is 33.1 Å². The molecule has 2 heterocycles. The third kappa shape index (κ3) is 3.03. The van der Waals surface area contributed by atoms with Crippen LogP contribution in [0, 0.1) is 5.82 Å². The molecule has 0 amide bonds. The molecular weight excluding hydrogens is 389 g/mol. The number of sulfone groups is 1. The Kier molecular flexibility index (Phi) is 4.06. The lowest BCUT2D eigenvalue weighted by molar-refractivity contribution is 0.590. The van der Waals surface area contributed by atoms with Crippen molar-refractivity contribution in [1.82, 2.24) is 14.5 Å². The highest BCUT2D eigenvalue weighted by Gasteiger charge is 2.19. The summed E-state index contributed by atoms with van der Waals surface area (Å²) in [6.07, 6.45) is 0. The van der Waals surface area contributed by atoms with Crippen LogP contribution in [0.15, 0.2) is 77.7 Å². The van der Waals surface area contributed by atoms with Crippen LogP contribution in [0.4, 0.5) is 4.39 Å². The minimum atomic E-state index is -3.47. The topological polar surface area (TPSA) is 64.8 Å². The van der Waals surface area contributed by atoms with Gasteiger partial charge in [0.15, 0.2) is 15.5 Å².